The van der Waals surface area contributed by atoms with Crippen LogP contribution < -0.4 is 0 Å². The highest BCUT2D eigenvalue weighted by molar-refractivity contribution is 9.09. The summed E-state index contributed by atoms with van der Waals surface area (Å²) in [5, 5.41) is 0.778. The number of nitrogens with zero attached hydrogens (tertiary/aromatic N) is 1. The van der Waals surface area contributed by atoms with E-state index in [4.69, 9.17) is 0 Å². The topological polar surface area (TPSA) is 20.3 Å². The van der Waals surface area contributed by atoms with Crippen molar-refractivity contribution in [1.29, 1.82) is 0 Å². The number of carbonyl (C=O) groups is 1. The van der Waals surface area contributed by atoms with Gasteiger partial charge in [0.1, 0.15) is 0 Å². The maximum atomic E-state index is 11.7. The number of amides is 1. The van der Waals surface area contributed by atoms with Crippen molar-refractivity contribution in [2.24, 2.45) is 0 Å². The number of hydrogen-bond acceptors (Lipinski definition) is 1. The van der Waals surface area contributed by atoms with Crippen LogP contribution in [0.25, 0.3) is 0 Å². The lowest BCUT2D eigenvalue weighted by Crippen LogP contribution is -2.32. The largest absolute Gasteiger partial charge is 0.343 e. The summed E-state index contributed by atoms with van der Waals surface area (Å²) in [6.45, 7) is 6.19. The maximum absolute atomic E-state index is 11.7. The third-order valence-corrected chi connectivity index (χ3v) is 2.62. The lowest BCUT2D eigenvalue weighted by atomic mass is 10.2. The van der Waals surface area contributed by atoms with Gasteiger partial charge in [0.2, 0.25) is 5.91 Å². The van der Waals surface area contributed by atoms with Crippen molar-refractivity contribution < 1.29 is 4.79 Å². The lowest BCUT2D eigenvalue weighted by molar-refractivity contribution is -0.130. The summed E-state index contributed by atoms with van der Waals surface area (Å²) in [4.78, 5) is 13.7. The number of carbonyl (C=O) groups excluding carboxylic acids is 1. The molecule has 0 aromatic heterocycles. The summed E-state index contributed by atoms with van der Waals surface area (Å²) in [7, 11) is 0. The molecule has 2 nitrogen and oxygen atoms in total. The van der Waals surface area contributed by atoms with Crippen LogP contribution in [0.15, 0.2) is 0 Å². The molecule has 0 aliphatic carbocycles. The van der Waals surface area contributed by atoms with Gasteiger partial charge in [0, 0.05) is 24.8 Å². The van der Waals surface area contributed by atoms with Crippen LogP contribution in [-0.2, 0) is 4.79 Å². The van der Waals surface area contributed by atoms with Gasteiger partial charge in [-0.15, -0.1) is 0 Å². The molecular formula is C11H22BrNO. The van der Waals surface area contributed by atoms with Gasteiger partial charge in [0.15, 0.2) is 0 Å². The van der Waals surface area contributed by atoms with Gasteiger partial charge in [-0.2, -0.15) is 0 Å². The molecule has 0 spiro atoms. The molecule has 0 heterocycles. The first-order valence-corrected chi connectivity index (χ1v) is 6.72. The first kappa shape index (κ1) is 13.9. The molecule has 14 heavy (non-hydrogen) atoms. The molecule has 0 aliphatic rings. The van der Waals surface area contributed by atoms with Gasteiger partial charge in [-0.05, 0) is 12.8 Å². The fourth-order valence-corrected chi connectivity index (χ4v) is 1.64. The van der Waals surface area contributed by atoms with E-state index in [-0.39, 0.29) is 0 Å². The van der Waals surface area contributed by atoms with Gasteiger partial charge in [-0.25, -0.2) is 0 Å². The van der Waals surface area contributed by atoms with Crippen molar-refractivity contribution >= 4 is 21.8 Å². The van der Waals surface area contributed by atoms with E-state index in [1.807, 2.05) is 4.90 Å². The molecule has 0 N–H and O–H groups in total. The second kappa shape index (κ2) is 9.50. The number of halogens is 1. The highest BCUT2D eigenvalue weighted by Crippen LogP contribution is 2.03. The molecular weight excluding hydrogens is 242 g/mol. The Morgan fingerprint density at radius 3 is 2.00 bits per heavy atom. The van der Waals surface area contributed by atoms with Crippen molar-refractivity contribution in [2.45, 2.75) is 46.0 Å². The zero-order valence-corrected chi connectivity index (χ0v) is 11.0. The minimum Gasteiger partial charge on any atom is -0.343 e. The van der Waals surface area contributed by atoms with Crippen LogP contribution in [0.4, 0.5) is 0 Å². The van der Waals surface area contributed by atoms with E-state index in [1.54, 1.807) is 0 Å². The summed E-state index contributed by atoms with van der Waals surface area (Å²) in [5.41, 5.74) is 0. The zero-order chi connectivity index (χ0) is 10.8. The average molecular weight is 264 g/mol. The van der Waals surface area contributed by atoms with E-state index in [0.717, 1.165) is 44.1 Å². The molecule has 1 amide bonds. The highest BCUT2D eigenvalue weighted by atomic mass is 79.9. The molecule has 0 bridgehead atoms. The van der Waals surface area contributed by atoms with E-state index in [1.165, 1.54) is 0 Å². The van der Waals surface area contributed by atoms with Crippen LogP contribution in [0.1, 0.15) is 46.0 Å². The van der Waals surface area contributed by atoms with Crippen LogP contribution in [0.3, 0.4) is 0 Å². The summed E-state index contributed by atoms with van der Waals surface area (Å²) < 4.78 is 0. The Bertz CT molecular complexity index is 142. The Morgan fingerprint density at radius 1 is 1.14 bits per heavy atom. The second-order valence-corrected chi connectivity index (χ2v) is 4.32. The lowest BCUT2D eigenvalue weighted by Gasteiger charge is -2.22. The molecule has 0 radical (unpaired) electrons. The van der Waals surface area contributed by atoms with E-state index in [9.17, 15) is 4.79 Å². The molecule has 0 rings (SSSR count). The fourth-order valence-electron chi connectivity index (χ4n) is 1.30. The van der Waals surface area contributed by atoms with Gasteiger partial charge in [0.25, 0.3) is 0 Å². The Hall–Kier alpha value is -0.0500. The molecule has 84 valence electrons. The summed E-state index contributed by atoms with van der Waals surface area (Å²) in [6, 6.07) is 0. The van der Waals surface area contributed by atoms with Crippen LogP contribution >= 0.6 is 15.9 Å². The van der Waals surface area contributed by atoms with Gasteiger partial charge < -0.3 is 4.90 Å². The third-order valence-electron chi connectivity index (χ3n) is 2.22. The van der Waals surface area contributed by atoms with Gasteiger partial charge in [-0.3, -0.25) is 4.79 Å². The van der Waals surface area contributed by atoms with Crippen LogP contribution in [0.2, 0.25) is 0 Å². The van der Waals surface area contributed by atoms with Gasteiger partial charge >= 0.3 is 0 Å². The second-order valence-electron chi connectivity index (χ2n) is 3.53. The molecule has 0 aliphatic heterocycles. The third kappa shape index (κ3) is 6.41. The number of unbranched alkanes of at least 4 members (excludes halogenated alkanes) is 2. The van der Waals surface area contributed by atoms with Crippen molar-refractivity contribution in [3.05, 3.63) is 0 Å². The number of hydrogen-bond donors (Lipinski definition) is 0. The minimum absolute atomic E-state index is 0.295. The van der Waals surface area contributed by atoms with Crippen molar-refractivity contribution in [1.82, 2.24) is 4.90 Å². The van der Waals surface area contributed by atoms with E-state index in [2.05, 4.69) is 29.8 Å². The monoisotopic (exact) mass is 263 g/mol. The summed E-state index contributed by atoms with van der Waals surface area (Å²) in [6.07, 6.45) is 5.19. The smallest absolute Gasteiger partial charge is 0.223 e. The first-order chi connectivity index (χ1) is 6.76. The Labute approximate surface area is 96.2 Å². The van der Waals surface area contributed by atoms with E-state index >= 15 is 0 Å². The van der Waals surface area contributed by atoms with E-state index < -0.39 is 0 Å². The molecule has 0 aromatic carbocycles. The van der Waals surface area contributed by atoms with Crippen molar-refractivity contribution in [3.63, 3.8) is 0 Å². The Kier molecular flexibility index (Phi) is 9.47. The molecule has 0 fully saturated rings. The van der Waals surface area contributed by atoms with Crippen LogP contribution in [-0.4, -0.2) is 29.2 Å². The molecule has 0 saturated carbocycles. The molecule has 0 atom stereocenters. The van der Waals surface area contributed by atoms with Gasteiger partial charge in [0.05, 0.1) is 0 Å². The predicted molar refractivity (Wildman–Crippen MR) is 64.8 cm³/mol. The highest BCUT2D eigenvalue weighted by Gasteiger charge is 2.10. The van der Waals surface area contributed by atoms with Crippen LogP contribution in [0, 0.1) is 0 Å². The maximum Gasteiger partial charge on any atom is 0.223 e. The molecule has 0 unspecified atom stereocenters. The van der Waals surface area contributed by atoms with E-state index in [0.29, 0.717) is 12.3 Å². The molecule has 0 aromatic rings. The normalized spacial score (nSPS) is 10.2. The summed E-state index contributed by atoms with van der Waals surface area (Å²) in [5.74, 6) is 0.295. The average Bonchev–Trinajstić information content (AvgIpc) is 2.18. The van der Waals surface area contributed by atoms with Crippen molar-refractivity contribution in [2.75, 3.05) is 18.4 Å². The number of alkyl halides is 1. The fraction of sp³-hybridized carbons (Fsp3) is 0.909. The van der Waals surface area contributed by atoms with Gasteiger partial charge in [-0.1, -0.05) is 42.6 Å². The summed E-state index contributed by atoms with van der Waals surface area (Å²) >= 11 is 3.31. The molecule has 3 heteroatoms. The zero-order valence-electron chi connectivity index (χ0n) is 9.39. The first-order valence-electron chi connectivity index (χ1n) is 5.60. The quantitative estimate of drug-likeness (QED) is 0.616. The number of rotatable bonds is 8. The predicted octanol–water partition coefficient (Wildman–Crippen LogP) is 3.20. The van der Waals surface area contributed by atoms with Crippen LogP contribution in [0.5, 0.6) is 0 Å². The standard InChI is InChI=1S/C11H22BrNO/c1-3-5-9-13(10-6-4-2)11(14)7-8-12/h3-10H2,1-2H3. The Balaban J connectivity index is 3.88. The SMILES string of the molecule is CCCCN(CCCC)C(=O)CCBr. The molecule has 0 saturated heterocycles. The Morgan fingerprint density at radius 2 is 1.64 bits per heavy atom. The minimum atomic E-state index is 0.295. The van der Waals surface area contributed by atoms with Crippen molar-refractivity contribution in [3.8, 4) is 0 Å².